The van der Waals surface area contributed by atoms with Gasteiger partial charge in [-0.25, -0.2) is 18.2 Å². The van der Waals surface area contributed by atoms with E-state index in [0.29, 0.717) is 29.4 Å². The number of nitrogens with one attached hydrogen (secondary N) is 1. The lowest BCUT2D eigenvalue weighted by Crippen LogP contribution is -2.44. The van der Waals surface area contributed by atoms with Crippen molar-refractivity contribution in [1.29, 1.82) is 0 Å². The van der Waals surface area contributed by atoms with Gasteiger partial charge in [0.1, 0.15) is 10.5 Å². The topological polar surface area (TPSA) is 111 Å². The van der Waals surface area contributed by atoms with Crippen molar-refractivity contribution >= 4 is 48.6 Å². The average molecular weight is 519 g/mol. The SMILES string of the molecule is CCOC(=O)c1c(S(=O)(=O)N2CCC[C@@H](C(=O)Nc3nc4ccc(C)cc4s3)C2)c(C)n(C)c1C. The van der Waals surface area contributed by atoms with E-state index < -0.39 is 21.9 Å². The summed E-state index contributed by atoms with van der Waals surface area (Å²) in [7, 11) is -2.31. The molecule has 0 saturated carbocycles. The van der Waals surface area contributed by atoms with E-state index in [1.165, 1.54) is 15.6 Å². The van der Waals surface area contributed by atoms with E-state index >= 15 is 0 Å². The molecule has 1 fully saturated rings. The zero-order chi connectivity index (χ0) is 25.5. The molecule has 1 aliphatic rings. The number of sulfonamides is 1. The molecular formula is C24H30N4O5S2. The predicted octanol–water partition coefficient (Wildman–Crippen LogP) is 3.78. The maximum absolute atomic E-state index is 13.7. The number of ether oxygens (including phenoxy) is 1. The molecule has 188 valence electrons. The Kier molecular flexibility index (Phi) is 7.03. The van der Waals surface area contributed by atoms with Crippen LogP contribution in [0.2, 0.25) is 0 Å². The Bertz CT molecular complexity index is 1410. The van der Waals surface area contributed by atoms with E-state index in [0.717, 1.165) is 15.8 Å². The van der Waals surface area contributed by atoms with Crippen LogP contribution >= 0.6 is 11.3 Å². The lowest BCUT2D eigenvalue weighted by molar-refractivity contribution is -0.120. The normalized spacial score (nSPS) is 17.0. The Balaban J connectivity index is 1.58. The fourth-order valence-corrected chi connectivity index (χ4v) is 7.44. The highest BCUT2D eigenvalue weighted by Gasteiger charge is 2.39. The van der Waals surface area contributed by atoms with E-state index in [1.807, 2.05) is 25.1 Å². The average Bonchev–Trinajstić information content (AvgIpc) is 3.32. The first kappa shape index (κ1) is 25.3. The first-order valence-electron chi connectivity index (χ1n) is 11.6. The zero-order valence-corrected chi connectivity index (χ0v) is 22.2. The molecule has 1 N–H and O–H groups in total. The van der Waals surface area contributed by atoms with Crippen molar-refractivity contribution < 1.29 is 22.7 Å². The number of aromatic nitrogens is 2. The van der Waals surface area contributed by atoms with Crippen molar-refractivity contribution in [3.63, 3.8) is 0 Å². The molecule has 0 radical (unpaired) electrons. The molecule has 2 aromatic heterocycles. The van der Waals surface area contributed by atoms with Crippen molar-refractivity contribution in [2.45, 2.75) is 45.4 Å². The van der Waals surface area contributed by atoms with Gasteiger partial charge in [-0.15, -0.1) is 0 Å². The summed E-state index contributed by atoms with van der Waals surface area (Å²) in [6.45, 7) is 7.50. The molecule has 1 aromatic carbocycles. The summed E-state index contributed by atoms with van der Waals surface area (Å²) in [5.41, 5.74) is 2.97. The van der Waals surface area contributed by atoms with Gasteiger partial charge in [0, 0.05) is 31.5 Å². The number of fused-ring (bicyclic) bond motifs is 1. The highest BCUT2D eigenvalue weighted by Crippen LogP contribution is 2.33. The van der Waals surface area contributed by atoms with Crippen LogP contribution < -0.4 is 5.32 Å². The Hall–Kier alpha value is -2.76. The summed E-state index contributed by atoms with van der Waals surface area (Å²) in [6, 6.07) is 5.90. The van der Waals surface area contributed by atoms with Gasteiger partial charge in [0.25, 0.3) is 0 Å². The number of thiazole rings is 1. The van der Waals surface area contributed by atoms with Crippen LogP contribution in [-0.2, 0) is 26.6 Å². The minimum absolute atomic E-state index is 0.0355. The molecular weight excluding hydrogens is 488 g/mol. The Labute approximate surface area is 209 Å². The number of piperidine rings is 1. The summed E-state index contributed by atoms with van der Waals surface area (Å²) >= 11 is 1.39. The Morgan fingerprint density at radius 1 is 1.23 bits per heavy atom. The summed E-state index contributed by atoms with van der Waals surface area (Å²) < 4.78 is 36.6. The number of aryl methyl sites for hydroxylation is 1. The van der Waals surface area contributed by atoms with Crippen molar-refractivity contribution in [2.24, 2.45) is 13.0 Å². The van der Waals surface area contributed by atoms with Crippen LogP contribution in [0, 0.1) is 26.7 Å². The van der Waals surface area contributed by atoms with Crippen LogP contribution in [0.1, 0.15) is 47.1 Å². The third kappa shape index (κ3) is 4.72. The fourth-order valence-electron chi connectivity index (χ4n) is 4.47. The molecule has 11 heteroatoms. The molecule has 0 unspecified atom stereocenters. The van der Waals surface area contributed by atoms with E-state index in [1.54, 1.807) is 32.4 Å². The number of rotatable bonds is 6. The van der Waals surface area contributed by atoms with Gasteiger partial charge in [-0.1, -0.05) is 17.4 Å². The van der Waals surface area contributed by atoms with E-state index in [2.05, 4.69) is 10.3 Å². The van der Waals surface area contributed by atoms with Crippen molar-refractivity contribution in [3.05, 3.63) is 40.7 Å². The van der Waals surface area contributed by atoms with Gasteiger partial charge in [-0.3, -0.25) is 4.79 Å². The fraction of sp³-hybridized carbons (Fsp3) is 0.458. The lowest BCUT2D eigenvalue weighted by atomic mass is 9.99. The number of amides is 1. The van der Waals surface area contributed by atoms with Crippen molar-refractivity contribution in [1.82, 2.24) is 13.9 Å². The molecule has 0 spiro atoms. The highest BCUT2D eigenvalue weighted by molar-refractivity contribution is 7.89. The molecule has 1 saturated heterocycles. The third-order valence-electron chi connectivity index (χ3n) is 6.53. The number of carbonyl (C=O) groups is 2. The second kappa shape index (κ2) is 9.71. The van der Waals surface area contributed by atoms with E-state index in [4.69, 9.17) is 4.74 Å². The number of hydrogen-bond acceptors (Lipinski definition) is 7. The van der Waals surface area contributed by atoms with Gasteiger partial charge in [0.15, 0.2) is 5.13 Å². The zero-order valence-electron chi connectivity index (χ0n) is 20.5. The maximum Gasteiger partial charge on any atom is 0.341 e. The summed E-state index contributed by atoms with van der Waals surface area (Å²) in [5, 5.41) is 3.37. The molecule has 4 rings (SSSR count). The van der Waals surface area contributed by atoms with Crippen LogP contribution in [-0.4, -0.2) is 53.8 Å². The van der Waals surface area contributed by atoms with Crippen LogP contribution in [0.4, 0.5) is 5.13 Å². The second-order valence-electron chi connectivity index (χ2n) is 8.84. The minimum Gasteiger partial charge on any atom is -0.462 e. The largest absolute Gasteiger partial charge is 0.462 e. The van der Waals surface area contributed by atoms with Crippen molar-refractivity contribution in [2.75, 3.05) is 25.0 Å². The number of carbonyl (C=O) groups excluding carboxylic acids is 2. The van der Waals surface area contributed by atoms with Gasteiger partial charge < -0.3 is 14.6 Å². The van der Waals surface area contributed by atoms with Crippen molar-refractivity contribution in [3.8, 4) is 0 Å². The van der Waals surface area contributed by atoms with Gasteiger partial charge >= 0.3 is 5.97 Å². The maximum atomic E-state index is 13.7. The molecule has 1 atom stereocenters. The lowest BCUT2D eigenvalue weighted by Gasteiger charge is -2.31. The monoisotopic (exact) mass is 518 g/mol. The first-order valence-corrected chi connectivity index (χ1v) is 13.8. The minimum atomic E-state index is -4.03. The van der Waals surface area contributed by atoms with E-state index in [-0.39, 0.29) is 36.1 Å². The van der Waals surface area contributed by atoms with Gasteiger partial charge in [0.05, 0.1) is 22.7 Å². The molecule has 1 amide bonds. The standard InChI is InChI=1S/C24H30N4O5S2/c1-6-33-23(30)20-15(3)27(5)16(4)21(20)35(31,32)28-11-7-8-17(13-28)22(29)26-24-25-18-10-9-14(2)12-19(18)34-24/h9-10,12,17H,6-8,11,13H2,1-5H3,(H,25,26,29)/t17-/m1/s1. The smallest absolute Gasteiger partial charge is 0.341 e. The molecule has 9 nitrogen and oxygen atoms in total. The van der Waals surface area contributed by atoms with Crippen LogP contribution in [0.25, 0.3) is 10.2 Å². The predicted molar refractivity (Wildman–Crippen MR) is 135 cm³/mol. The number of nitrogens with zero attached hydrogens (tertiary/aromatic N) is 3. The Morgan fingerprint density at radius 3 is 2.69 bits per heavy atom. The molecule has 3 heterocycles. The second-order valence-corrected chi connectivity index (χ2v) is 11.7. The quantitative estimate of drug-likeness (QED) is 0.497. The Morgan fingerprint density at radius 2 is 1.97 bits per heavy atom. The molecule has 35 heavy (non-hydrogen) atoms. The number of esters is 1. The molecule has 1 aliphatic heterocycles. The third-order valence-corrected chi connectivity index (χ3v) is 9.49. The molecule has 3 aromatic rings. The summed E-state index contributed by atoms with van der Waals surface area (Å²) in [5.74, 6) is -1.44. The van der Waals surface area contributed by atoms with Crippen LogP contribution in [0.5, 0.6) is 0 Å². The van der Waals surface area contributed by atoms with Gasteiger partial charge in [0.2, 0.25) is 15.9 Å². The molecule has 0 bridgehead atoms. The van der Waals surface area contributed by atoms with Crippen LogP contribution in [0.15, 0.2) is 23.1 Å². The first-order chi connectivity index (χ1) is 16.5. The highest BCUT2D eigenvalue weighted by atomic mass is 32.2. The number of anilines is 1. The summed E-state index contributed by atoms with van der Waals surface area (Å²) in [6.07, 6.45) is 1.11. The number of benzene rings is 1. The summed E-state index contributed by atoms with van der Waals surface area (Å²) in [4.78, 5) is 30.2. The van der Waals surface area contributed by atoms with Gasteiger partial charge in [-0.2, -0.15) is 4.31 Å². The van der Waals surface area contributed by atoms with Gasteiger partial charge in [-0.05, 0) is 58.2 Å². The number of hydrogen-bond donors (Lipinski definition) is 1. The van der Waals surface area contributed by atoms with Crippen LogP contribution in [0.3, 0.4) is 0 Å². The molecule has 0 aliphatic carbocycles. The van der Waals surface area contributed by atoms with E-state index in [9.17, 15) is 18.0 Å².